The Kier molecular flexibility index (Phi) is 4.40. The van der Waals surface area contributed by atoms with Crippen molar-refractivity contribution in [3.8, 4) is 0 Å². The van der Waals surface area contributed by atoms with E-state index in [2.05, 4.69) is 12.2 Å². The number of rotatable bonds is 7. The maximum atomic E-state index is 13.2. The molecule has 0 amide bonds. The first-order chi connectivity index (χ1) is 8.09. The molecule has 1 nitrogen and oxygen atoms in total. The fraction of sp³-hybridized carbons (Fsp3) is 1.00. The number of alkyl halides is 2. The standard InChI is InChI=1S/C14H25F2N/c1-2-7-17-13(8-11-3-4-11)9-12-5-6-14(15,16)10-12/h11-13,17H,2-10H2,1H3. The van der Waals surface area contributed by atoms with Gasteiger partial charge in [-0.25, -0.2) is 8.78 Å². The van der Waals surface area contributed by atoms with Crippen molar-refractivity contribution in [3.05, 3.63) is 0 Å². The highest BCUT2D eigenvalue weighted by molar-refractivity contribution is 4.87. The lowest BCUT2D eigenvalue weighted by molar-refractivity contribution is 0.00427. The Morgan fingerprint density at radius 1 is 1.18 bits per heavy atom. The third-order valence-corrected chi connectivity index (χ3v) is 4.12. The van der Waals surface area contributed by atoms with Crippen LogP contribution >= 0.6 is 0 Å². The molecule has 0 spiro atoms. The van der Waals surface area contributed by atoms with Crippen LogP contribution in [0.5, 0.6) is 0 Å². The van der Waals surface area contributed by atoms with Crippen molar-refractivity contribution in [2.24, 2.45) is 11.8 Å². The fourth-order valence-electron chi connectivity index (χ4n) is 3.01. The Balaban J connectivity index is 1.75. The van der Waals surface area contributed by atoms with E-state index in [1.54, 1.807) is 0 Å². The molecule has 2 aliphatic carbocycles. The maximum absolute atomic E-state index is 13.2. The van der Waals surface area contributed by atoms with Crippen molar-refractivity contribution in [2.75, 3.05) is 6.54 Å². The Morgan fingerprint density at radius 2 is 1.88 bits per heavy atom. The zero-order chi connectivity index (χ0) is 12.3. The molecule has 17 heavy (non-hydrogen) atoms. The summed E-state index contributed by atoms with van der Waals surface area (Å²) in [6.45, 7) is 3.19. The molecule has 0 aromatic rings. The summed E-state index contributed by atoms with van der Waals surface area (Å²) in [4.78, 5) is 0. The van der Waals surface area contributed by atoms with E-state index in [0.29, 0.717) is 6.04 Å². The second-order valence-corrected chi connectivity index (χ2v) is 6.03. The van der Waals surface area contributed by atoms with E-state index >= 15 is 0 Å². The average molecular weight is 245 g/mol. The highest BCUT2D eigenvalue weighted by Gasteiger charge is 2.40. The van der Waals surface area contributed by atoms with Gasteiger partial charge in [-0.2, -0.15) is 0 Å². The predicted octanol–water partition coefficient (Wildman–Crippen LogP) is 3.98. The van der Waals surface area contributed by atoms with Gasteiger partial charge in [-0.1, -0.05) is 19.8 Å². The summed E-state index contributed by atoms with van der Waals surface area (Å²) in [6.07, 6.45) is 6.97. The highest BCUT2D eigenvalue weighted by Crippen LogP contribution is 2.42. The van der Waals surface area contributed by atoms with Crippen molar-refractivity contribution >= 4 is 0 Å². The summed E-state index contributed by atoms with van der Waals surface area (Å²) >= 11 is 0. The molecule has 0 aromatic carbocycles. The van der Waals surface area contributed by atoms with E-state index in [0.717, 1.165) is 31.7 Å². The van der Waals surface area contributed by atoms with Crippen molar-refractivity contribution in [2.45, 2.75) is 70.3 Å². The quantitative estimate of drug-likeness (QED) is 0.715. The molecule has 2 atom stereocenters. The molecular weight excluding hydrogens is 220 g/mol. The third kappa shape index (κ3) is 4.53. The zero-order valence-electron chi connectivity index (χ0n) is 10.9. The molecule has 0 radical (unpaired) electrons. The van der Waals surface area contributed by atoms with Crippen molar-refractivity contribution in [3.63, 3.8) is 0 Å². The van der Waals surface area contributed by atoms with E-state index in [9.17, 15) is 8.78 Å². The van der Waals surface area contributed by atoms with Gasteiger partial charge in [0.15, 0.2) is 0 Å². The summed E-state index contributed by atoms with van der Waals surface area (Å²) in [6, 6.07) is 0.487. The maximum Gasteiger partial charge on any atom is 0.248 e. The molecule has 2 rings (SSSR count). The van der Waals surface area contributed by atoms with Crippen LogP contribution in [-0.2, 0) is 0 Å². The van der Waals surface area contributed by atoms with E-state index in [4.69, 9.17) is 0 Å². The molecule has 0 saturated heterocycles. The Hall–Kier alpha value is -0.180. The van der Waals surface area contributed by atoms with Gasteiger partial charge in [0.1, 0.15) is 0 Å². The summed E-state index contributed by atoms with van der Waals surface area (Å²) in [5.41, 5.74) is 0. The molecule has 1 N–H and O–H groups in total. The molecule has 2 fully saturated rings. The number of halogens is 2. The largest absolute Gasteiger partial charge is 0.314 e. The van der Waals surface area contributed by atoms with Gasteiger partial charge in [-0.3, -0.25) is 0 Å². The molecule has 2 saturated carbocycles. The Bertz CT molecular complexity index is 238. The average Bonchev–Trinajstić information content (AvgIpc) is 3.00. The monoisotopic (exact) mass is 245 g/mol. The van der Waals surface area contributed by atoms with Crippen LogP contribution in [-0.4, -0.2) is 18.5 Å². The van der Waals surface area contributed by atoms with Crippen LogP contribution in [0.3, 0.4) is 0 Å². The normalized spacial score (nSPS) is 29.5. The van der Waals surface area contributed by atoms with E-state index in [1.807, 2.05) is 0 Å². The van der Waals surface area contributed by atoms with Crippen molar-refractivity contribution in [1.29, 1.82) is 0 Å². The number of hydrogen-bond acceptors (Lipinski definition) is 1. The van der Waals surface area contributed by atoms with Gasteiger partial charge in [-0.15, -0.1) is 0 Å². The first kappa shape index (κ1) is 13.3. The topological polar surface area (TPSA) is 12.0 Å². The minimum atomic E-state index is -2.38. The lowest BCUT2D eigenvalue weighted by Crippen LogP contribution is -2.32. The van der Waals surface area contributed by atoms with Crippen LogP contribution in [0.1, 0.15) is 58.3 Å². The van der Waals surface area contributed by atoms with Gasteiger partial charge in [0.2, 0.25) is 5.92 Å². The molecule has 100 valence electrons. The smallest absolute Gasteiger partial charge is 0.248 e. The zero-order valence-corrected chi connectivity index (χ0v) is 10.9. The summed E-state index contributed by atoms with van der Waals surface area (Å²) in [5, 5.41) is 3.55. The summed E-state index contributed by atoms with van der Waals surface area (Å²) in [7, 11) is 0. The van der Waals surface area contributed by atoms with Gasteiger partial charge >= 0.3 is 0 Å². The lowest BCUT2D eigenvalue weighted by Gasteiger charge is -2.22. The van der Waals surface area contributed by atoms with Gasteiger partial charge in [0.05, 0.1) is 0 Å². The predicted molar refractivity (Wildman–Crippen MR) is 66.3 cm³/mol. The summed E-state index contributed by atoms with van der Waals surface area (Å²) < 4.78 is 26.3. The lowest BCUT2D eigenvalue weighted by atomic mass is 9.95. The summed E-state index contributed by atoms with van der Waals surface area (Å²) in [5.74, 6) is -1.25. The van der Waals surface area contributed by atoms with Gasteiger partial charge in [0.25, 0.3) is 0 Å². The second kappa shape index (κ2) is 5.64. The fourth-order valence-corrected chi connectivity index (χ4v) is 3.01. The van der Waals surface area contributed by atoms with E-state index in [1.165, 1.54) is 19.3 Å². The Labute approximate surface area is 103 Å². The van der Waals surface area contributed by atoms with Crippen LogP contribution in [0.25, 0.3) is 0 Å². The molecular formula is C14H25F2N. The van der Waals surface area contributed by atoms with Crippen LogP contribution in [0, 0.1) is 11.8 Å². The van der Waals surface area contributed by atoms with E-state index in [-0.39, 0.29) is 18.8 Å². The van der Waals surface area contributed by atoms with Gasteiger partial charge in [0, 0.05) is 18.9 Å². The minimum absolute atomic E-state index is 0.113. The number of nitrogens with one attached hydrogen (secondary N) is 1. The molecule has 0 bridgehead atoms. The third-order valence-electron chi connectivity index (χ3n) is 4.12. The van der Waals surface area contributed by atoms with Gasteiger partial charge < -0.3 is 5.32 Å². The first-order valence-electron chi connectivity index (χ1n) is 7.20. The Morgan fingerprint density at radius 3 is 2.41 bits per heavy atom. The molecule has 3 heteroatoms. The highest BCUT2D eigenvalue weighted by atomic mass is 19.3. The SMILES string of the molecule is CCCNC(CC1CC1)CC1CCC(F)(F)C1. The molecule has 2 unspecified atom stereocenters. The molecule has 0 heterocycles. The molecule has 0 aromatic heterocycles. The molecule has 2 aliphatic rings. The molecule has 0 aliphatic heterocycles. The van der Waals surface area contributed by atoms with Crippen molar-refractivity contribution < 1.29 is 8.78 Å². The van der Waals surface area contributed by atoms with E-state index < -0.39 is 5.92 Å². The van der Waals surface area contributed by atoms with Crippen LogP contribution < -0.4 is 5.32 Å². The van der Waals surface area contributed by atoms with Crippen LogP contribution in [0.4, 0.5) is 8.78 Å². The first-order valence-corrected chi connectivity index (χ1v) is 7.20. The van der Waals surface area contributed by atoms with Crippen LogP contribution in [0.15, 0.2) is 0 Å². The number of hydrogen-bond donors (Lipinski definition) is 1. The minimum Gasteiger partial charge on any atom is -0.314 e. The van der Waals surface area contributed by atoms with Gasteiger partial charge in [-0.05, 0) is 44.1 Å². The van der Waals surface area contributed by atoms with Crippen molar-refractivity contribution in [1.82, 2.24) is 5.32 Å². The second-order valence-electron chi connectivity index (χ2n) is 6.03. The van der Waals surface area contributed by atoms with Crippen LogP contribution in [0.2, 0.25) is 0 Å².